The number of nitriles is 1. The molecule has 1 aliphatic heterocycles. The fourth-order valence-corrected chi connectivity index (χ4v) is 4.88. The van der Waals surface area contributed by atoms with E-state index < -0.39 is 21.8 Å². The average molecular weight is 432 g/mol. The van der Waals surface area contributed by atoms with Gasteiger partial charge >= 0.3 is 5.97 Å². The first-order valence-corrected chi connectivity index (χ1v) is 10.8. The van der Waals surface area contributed by atoms with E-state index in [1.807, 2.05) is 6.07 Å². The molecule has 0 aliphatic carbocycles. The van der Waals surface area contributed by atoms with Gasteiger partial charge in [-0.1, -0.05) is 6.07 Å². The van der Waals surface area contributed by atoms with Crippen molar-refractivity contribution in [2.45, 2.75) is 37.6 Å². The molecule has 0 bridgehead atoms. The summed E-state index contributed by atoms with van der Waals surface area (Å²) in [5, 5.41) is 8.91. The first-order valence-electron chi connectivity index (χ1n) is 9.32. The number of halogens is 1. The van der Waals surface area contributed by atoms with Crippen LogP contribution in [0.1, 0.15) is 35.3 Å². The third-order valence-electron chi connectivity index (χ3n) is 4.63. The van der Waals surface area contributed by atoms with Crippen LogP contribution in [0.4, 0.5) is 4.39 Å². The number of benzene rings is 2. The fraction of sp³-hybridized carbons (Fsp3) is 0.333. The third-order valence-corrected chi connectivity index (χ3v) is 6.45. The van der Waals surface area contributed by atoms with Crippen LogP contribution >= 0.6 is 0 Å². The van der Waals surface area contributed by atoms with E-state index in [0.717, 1.165) is 6.07 Å². The van der Waals surface area contributed by atoms with Gasteiger partial charge in [0.2, 0.25) is 10.0 Å². The lowest BCUT2D eigenvalue weighted by atomic mass is 10.1. The Morgan fingerprint density at radius 2 is 1.93 bits per heavy atom. The fourth-order valence-electron chi connectivity index (χ4n) is 3.24. The van der Waals surface area contributed by atoms with Crippen LogP contribution in [0.3, 0.4) is 0 Å². The first-order chi connectivity index (χ1) is 14.2. The smallest absolute Gasteiger partial charge is 0.338 e. The highest BCUT2D eigenvalue weighted by Gasteiger charge is 2.32. The molecule has 0 radical (unpaired) electrons. The van der Waals surface area contributed by atoms with Gasteiger partial charge in [0.05, 0.1) is 34.3 Å². The zero-order valence-corrected chi connectivity index (χ0v) is 17.4. The average Bonchev–Trinajstić information content (AvgIpc) is 2.72. The van der Waals surface area contributed by atoms with Gasteiger partial charge in [-0.15, -0.1) is 0 Å². The molecule has 0 amide bonds. The van der Waals surface area contributed by atoms with Crippen molar-refractivity contribution in [3.63, 3.8) is 0 Å². The first kappa shape index (κ1) is 21.9. The summed E-state index contributed by atoms with van der Waals surface area (Å²) in [6.45, 7) is 3.65. The molecule has 9 heteroatoms. The maximum absolute atomic E-state index is 13.9. The number of carbonyl (C=O) groups is 1. The summed E-state index contributed by atoms with van der Waals surface area (Å²) < 4.78 is 51.9. The van der Waals surface area contributed by atoms with Crippen molar-refractivity contribution < 1.29 is 27.1 Å². The number of carbonyl (C=O) groups excluding carboxylic acids is 1. The Hall–Kier alpha value is -2.80. The number of hydrogen-bond acceptors (Lipinski definition) is 6. The van der Waals surface area contributed by atoms with Gasteiger partial charge in [0, 0.05) is 18.7 Å². The Kier molecular flexibility index (Phi) is 6.51. The van der Waals surface area contributed by atoms with Gasteiger partial charge < -0.3 is 9.47 Å². The number of morpholine rings is 1. The lowest BCUT2D eigenvalue weighted by molar-refractivity contribution is -0.0440. The summed E-state index contributed by atoms with van der Waals surface area (Å²) in [5.74, 6) is -1.40. The largest absolute Gasteiger partial charge is 0.457 e. The molecule has 2 aromatic rings. The number of rotatable bonds is 5. The van der Waals surface area contributed by atoms with Crippen molar-refractivity contribution in [1.29, 1.82) is 5.26 Å². The van der Waals surface area contributed by atoms with E-state index in [2.05, 4.69) is 0 Å². The maximum atomic E-state index is 13.9. The molecule has 1 aliphatic rings. The molecular weight excluding hydrogens is 411 g/mol. The predicted octanol–water partition coefficient (Wildman–Crippen LogP) is 2.85. The summed E-state index contributed by atoms with van der Waals surface area (Å²) in [6.07, 6.45) is -0.480. The van der Waals surface area contributed by atoms with Crippen molar-refractivity contribution in [2.75, 3.05) is 13.1 Å². The summed E-state index contributed by atoms with van der Waals surface area (Å²) >= 11 is 0. The molecule has 0 N–H and O–H groups in total. The second kappa shape index (κ2) is 8.92. The Bertz CT molecular complexity index is 1090. The van der Waals surface area contributed by atoms with Crippen molar-refractivity contribution in [1.82, 2.24) is 4.31 Å². The highest BCUT2D eigenvalue weighted by molar-refractivity contribution is 7.89. The molecule has 1 heterocycles. The van der Waals surface area contributed by atoms with E-state index in [-0.39, 0.29) is 53.5 Å². The third kappa shape index (κ3) is 4.84. The van der Waals surface area contributed by atoms with E-state index in [9.17, 15) is 17.6 Å². The molecule has 7 nitrogen and oxygen atoms in total. The lowest BCUT2D eigenvalue weighted by Crippen LogP contribution is -2.48. The van der Waals surface area contributed by atoms with Crippen molar-refractivity contribution >= 4 is 16.0 Å². The zero-order chi connectivity index (χ0) is 21.9. The minimum absolute atomic E-state index is 0.0299. The van der Waals surface area contributed by atoms with Crippen LogP contribution in [0.2, 0.25) is 0 Å². The Morgan fingerprint density at radius 3 is 2.60 bits per heavy atom. The quantitative estimate of drug-likeness (QED) is 0.674. The highest BCUT2D eigenvalue weighted by Crippen LogP contribution is 2.22. The molecular formula is C21H21FN2O5S. The predicted molar refractivity (Wildman–Crippen MR) is 105 cm³/mol. The highest BCUT2D eigenvalue weighted by atomic mass is 32.2. The molecule has 2 aromatic carbocycles. The topological polar surface area (TPSA) is 96.7 Å². The van der Waals surface area contributed by atoms with Crippen LogP contribution in [0.15, 0.2) is 47.4 Å². The van der Waals surface area contributed by atoms with Gasteiger partial charge in [-0.2, -0.15) is 9.57 Å². The van der Waals surface area contributed by atoms with Crippen LogP contribution in [-0.4, -0.2) is 44.0 Å². The van der Waals surface area contributed by atoms with Crippen LogP contribution in [0, 0.1) is 17.1 Å². The molecule has 0 aromatic heterocycles. The number of esters is 1. The Balaban J connectivity index is 1.76. The monoisotopic (exact) mass is 432 g/mol. The van der Waals surface area contributed by atoms with Gasteiger partial charge in [0.25, 0.3) is 0 Å². The van der Waals surface area contributed by atoms with Crippen LogP contribution in [0.5, 0.6) is 0 Å². The minimum atomic E-state index is -3.82. The second-order valence-electron chi connectivity index (χ2n) is 7.10. The van der Waals surface area contributed by atoms with Gasteiger partial charge in [-0.05, 0) is 50.2 Å². The normalized spacial score (nSPS) is 19.8. The number of sulfonamides is 1. The molecule has 1 fully saturated rings. The zero-order valence-electron chi connectivity index (χ0n) is 16.5. The summed E-state index contributed by atoms with van der Waals surface area (Å²) in [5.41, 5.74) is 0.328. The van der Waals surface area contributed by atoms with Crippen LogP contribution < -0.4 is 0 Å². The minimum Gasteiger partial charge on any atom is -0.457 e. The molecule has 0 saturated carbocycles. The molecule has 2 unspecified atom stereocenters. The molecule has 158 valence electrons. The van der Waals surface area contributed by atoms with E-state index in [4.69, 9.17) is 14.7 Å². The molecule has 3 rings (SSSR count). The molecule has 0 spiro atoms. The van der Waals surface area contributed by atoms with Crippen molar-refractivity contribution in [2.24, 2.45) is 0 Å². The van der Waals surface area contributed by atoms with Gasteiger partial charge in [0.1, 0.15) is 12.4 Å². The SMILES string of the molecule is CC1CN(S(=O)(=O)c2cccc(C(=O)OCc3cc(C#N)ccc3F)c2)CC(C)O1. The van der Waals surface area contributed by atoms with Crippen molar-refractivity contribution in [3.8, 4) is 6.07 Å². The molecule has 30 heavy (non-hydrogen) atoms. The van der Waals surface area contributed by atoms with Crippen LogP contribution in [-0.2, 0) is 26.1 Å². The summed E-state index contributed by atoms with van der Waals surface area (Å²) in [4.78, 5) is 12.4. The Labute approximate surface area is 174 Å². The van der Waals surface area contributed by atoms with E-state index in [0.29, 0.717) is 0 Å². The Morgan fingerprint density at radius 1 is 1.23 bits per heavy atom. The van der Waals surface area contributed by atoms with E-state index in [1.54, 1.807) is 13.8 Å². The van der Waals surface area contributed by atoms with E-state index >= 15 is 0 Å². The van der Waals surface area contributed by atoms with Gasteiger partial charge in [-0.25, -0.2) is 17.6 Å². The van der Waals surface area contributed by atoms with Crippen LogP contribution in [0.25, 0.3) is 0 Å². The maximum Gasteiger partial charge on any atom is 0.338 e. The number of nitrogens with zero attached hydrogens (tertiary/aromatic N) is 2. The van der Waals surface area contributed by atoms with Gasteiger partial charge in [0.15, 0.2) is 0 Å². The summed E-state index contributed by atoms with van der Waals surface area (Å²) in [6, 6.07) is 11.2. The summed E-state index contributed by atoms with van der Waals surface area (Å²) in [7, 11) is -3.82. The lowest BCUT2D eigenvalue weighted by Gasteiger charge is -2.34. The second-order valence-corrected chi connectivity index (χ2v) is 9.04. The standard InChI is InChI=1S/C21H21FN2O5S/c1-14-11-24(12-15(2)29-14)30(26,27)19-5-3-4-17(9-19)21(25)28-13-18-8-16(10-23)6-7-20(18)22/h3-9,14-15H,11-13H2,1-2H3. The van der Waals surface area contributed by atoms with Gasteiger partial charge in [-0.3, -0.25) is 0 Å². The number of hydrogen-bond donors (Lipinski definition) is 0. The van der Waals surface area contributed by atoms with E-state index in [1.165, 1.54) is 40.7 Å². The molecule has 1 saturated heterocycles. The molecule has 2 atom stereocenters. The number of ether oxygens (including phenoxy) is 2. The van der Waals surface area contributed by atoms with Crippen molar-refractivity contribution in [3.05, 3.63) is 65.0 Å².